The minimum absolute atomic E-state index is 0.114. The second kappa shape index (κ2) is 9.03. The predicted molar refractivity (Wildman–Crippen MR) is 125 cm³/mol. The summed E-state index contributed by atoms with van der Waals surface area (Å²) in [5.41, 5.74) is 5.63. The van der Waals surface area contributed by atoms with Gasteiger partial charge in [-0.25, -0.2) is 9.37 Å². The average molecular weight is 445 g/mol. The van der Waals surface area contributed by atoms with Crippen molar-refractivity contribution in [3.63, 3.8) is 0 Å². The molecule has 0 saturated carbocycles. The summed E-state index contributed by atoms with van der Waals surface area (Å²) in [6.07, 6.45) is 3.79. The van der Waals surface area contributed by atoms with Gasteiger partial charge in [0.05, 0.1) is 12.4 Å². The van der Waals surface area contributed by atoms with Gasteiger partial charge >= 0.3 is 0 Å². The number of aliphatic hydroxyl groups excluding tert-OH is 1. The van der Waals surface area contributed by atoms with Crippen LogP contribution < -0.4 is 10.2 Å². The molecule has 168 valence electrons. The largest absolute Gasteiger partial charge is 0.464 e. The lowest BCUT2D eigenvalue weighted by molar-refractivity contribution is 0.0894. The van der Waals surface area contributed by atoms with E-state index >= 15 is 0 Å². The fourth-order valence-electron chi connectivity index (χ4n) is 4.33. The molecule has 2 aromatic heterocycles. The van der Waals surface area contributed by atoms with Crippen molar-refractivity contribution in [2.45, 2.75) is 18.9 Å². The Labute approximate surface area is 190 Å². The van der Waals surface area contributed by atoms with Crippen molar-refractivity contribution in [3.05, 3.63) is 89.3 Å². The van der Waals surface area contributed by atoms with Gasteiger partial charge in [0.1, 0.15) is 18.1 Å². The van der Waals surface area contributed by atoms with E-state index < -0.39 is 12.8 Å². The Hall–Kier alpha value is -3.71. The molecule has 0 spiro atoms. The second-order valence-corrected chi connectivity index (χ2v) is 8.21. The van der Waals surface area contributed by atoms with Crippen molar-refractivity contribution in [2.24, 2.45) is 0 Å². The van der Waals surface area contributed by atoms with Gasteiger partial charge in [-0.05, 0) is 72.0 Å². The number of pyridine rings is 1. The number of halogens is 1. The zero-order valence-corrected chi connectivity index (χ0v) is 18.0. The number of furan rings is 1. The molecule has 0 fully saturated rings. The van der Waals surface area contributed by atoms with Crippen LogP contribution in [0, 0.1) is 0 Å². The van der Waals surface area contributed by atoms with E-state index in [1.165, 1.54) is 5.56 Å². The molecule has 33 heavy (non-hydrogen) atoms. The number of aromatic nitrogens is 1. The topological polar surface area (TPSA) is 78.6 Å². The van der Waals surface area contributed by atoms with Crippen LogP contribution in [0.15, 0.2) is 71.5 Å². The van der Waals surface area contributed by atoms with Crippen molar-refractivity contribution in [1.82, 2.24) is 10.3 Å². The molecule has 1 atom stereocenters. The van der Waals surface area contributed by atoms with E-state index in [0.29, 0.717) is 18.5 Å². The van der Waals surface area contributed by atoms with Crippen LogP contribution in [-0.2, 0) is 12.8 Å². The third kappa shape index (κ3) is 4.32. The number of carbonyl (C=O) groups is 1. The van der Waals surface area contributed by atoms with Gasteiger partial charge < -0.3 is 19.7 Å². The Morgan fingerprint density at radius 2 is 2.06 bits per heavy atom. The number of alkyl halides is 1. The number of benzene rings is 2. The Kier molecular flexibility index (Phi) is 5.79. The van der Waals surface area contributed by atoms with E-state index in [4.69, 9.17) is 4.42 Å². The first-order valence-corrected chi connectivity index (χ1v) is 10.9. The molecule has 6 nitrogen and oxygen atoms in total. The smallest absolute Gasteiger partial charge is 0.251 e. The Morgan fingerprint density at radius 3 is 2.94 bits per heavy atom. The van der Waals surface area contributed by atoms with E-state index in [0.717, 1.165) is 40.0 Å². The minimum Gasteiger partial charge on any atom is -0.464 e. The van der Waals surface area contributed by atoms with E-state index in [9.17, 15) is 14.3 Å². The Bertz CT molecular complexity index is 1300. The van der Waals surface area contributed by atoms with E-state index in [1.807, 2.05) is 36.5 Å². The normalized spacial score (nSPS) is 13.8. The molecule has 1 amide bonds. The van der Waals surface area contributed by atoms with Crippen molar-refractivity contribution in [2.75, 3.05) is 24.7 Å². The average Bonchev–Trinajstić information content (AvgIpc) is 3.49. The van der Waals surface area contributed by atoms with Gasteiger partial charge in [-0.15, -0.1) is 0 Å². The summed E-state index contributed by atoms with van der Waals surface area (Å²) in [6.45, 7) is -0.292. The first kappa shape index (κ1) is 21.2. The third-order valence-electron chi connectivity index (χ3n) is 5.96. The zero-order chi connectivity index (χ0) is 22.8. The fourth-order valence-corrected chi connectivity index (χ4v) is 4.33. The predicted octanol–water partition coefficient (Wildman–Crippen LogP) is 4.17. The summed E-state index contributed by atoms with van der Waals surface area (Å²) < 4.78 is 17.9. The third-order valence-corrected chi connectivity index (χ3v) is 5.96. The number of carbonyl (C=O) groups excluding carboxylic acids is 1. The summed E-state index contributed by atoms with van der Waals surface area (Å²) in [7, 11) is 0. The molecule has 1 aliphatic heterocycles. The molecule has 2 N–H and O–H groups in total. The van der Waals surface area contributed by atoms with Crippen LogP contribution in [0.2, 0.25) is 0 Å². The molecule has 1 aliphatic rings. The van der Waals surface area contributed by atoms with Gasteiger partial charge in [-0.3, -0.25) is 4.79 Å². The van der Waals surface area contributed by atoms with Crippen LogP contribution in [0.5, 0.6) is 0 Å². The number of amides is 1. The minimum atomic E-state index is -1.19. The first-order chi connectivity index (χ1) is 16.1. The highest BCUT2D eigenvalue weighted by atomic mass is 19.1. The van der Waals surface area contributed by atoms with Crippen molar-refractivity contribution in [1.29, 1.82) is 0 Å². The second-order valence-electron chi connectivity index (χ2n) is 8.21. The molecular weight excluding hydrogens is 421 g/mol. The van der Waals surface area contributed by atoms with Crippen LogP contribution >= 0.6 is 0 Å². The molecular formula is C26H24FN3O3. The Morgan fingerprint density at radius 1 is 1.18 bits per heavy atom. The van der Waals surface area contributed by atoms with Crippen molar-refractivity contribution >= 4 is 28.4 Å². The molecule has 0 radical (unpaired) electrons. The maximum atomic E-state index is 12.6. The van der Waals surface area contributed by atoms with Crippen LogP contribution in [-0.4, -0.2) is 41.9 Å². The highest BCUT2D eigenvalue weighted by molar-refractivity contribution is 5.98. The summed E-state index contributed by atoms with van der Waals surface area (Å²) in [6, 6.07) is 17.8. The number of hydrogen-bond donors (Lipinski definition) is 2. The summed E-state index contributed by atoms with van der Waals surface area (Å²) in [5, 5.41) is 13.1. The molecule has 0 aliphatic carbocycles. The maximum absolute atomic E-state index is 12.6. The fraction of sp³-hybridized carbons (Fsp3) is 0.231. The lowest BCUT2D eigenvalue weighted by atomic mass is 10.0. The van der Waals surface area contributed by atoms with Crippen LogP contribution in [0.4, 0.5) is 15.9 Å². The molecule has 7 heteroatoms. The molecule has 2 aromatic carbocycles. The van der Waals surface area contributed by atoms with Gasteiger partial charge in [-0.2, -0.15) is 0 Å². The lowest BCUT2D eigenvalue weighted by Crippen LogP contribution is -2.33. The van der Waals surface area contributed by atoms with Crippen molar-refractivity contribution < 1.29 is 18.7 Å². The molecule has 4 aromatic rings. The van der Waals surface area contributed by atoms with Crippen LogP contribution in [0.3, 0.4) is 0 Å². The SMILES string of the molecule is O=C(NC[C@@H](O)CF)c1cccc2c1CCN2c1cc(Cc2ccc3occc3c2)ccn1. The molecule has 0 saturated heterocycles. The number of hydrogen-bond acceptors (Lipinski definition) is 5. The summed E-state index contributed by atoms with van der Waals surface area (Å²) in [5.74, 6) is 0.526. The number of fused-ring (bicyclic) bond motifs is 2. The van der Waals surface area contributed by atoms with Gasteiger partial charge in [0.15, 0.2) is 0 Å². The number of anilines is 2. The molecule has 5 rings (SSSR count). The van der Waals surface area contributed by atoms with Gasteiger partial charge in [0.2, 0.25) is 0 Å². The zero-order valence-electron chi connectivity index (χ0n) is 18.0. The molecule has 0 bridgehead atoms. The highest BCUT2D eigenvalue weighted by Gasteiger charge is 2.26. The number of nitrogens with one attached hydrogen (secondary N) is 1. The quantitative estimate of drug-likeness (QED) is 0.446. The maximum Gasteiger partial charge on any atom is 0.251 e. The van der Waals surface area contributed by atoms with Gasteiger partial charge in [0.25, 0.3) is 5.91 Å². The lowest BCUT2D eigenvalue weighted by Gasteiger charge is -2.19. The highest BCUT2D eigenvalue weighted by Crippen LogP contribution is 2.36. The number of aliphatic hydroxyl groups is 1. The number of nitrogens with zero attached hydrogens (tertiary/aromatic N) is 2. The van der Waals surface area contributed by atoms with Crippen LogP contribution in [0.25, 0.3) is 11.0 Å². The van der Waals surface area contributed by atoms with E-state index in [-0.39, 0.29) is 12.5 Å². The summed E-state index contributed by atoms with van der Waals surface area (Å²) >= 11 is 0. The van der Waals surface area contributed by atoms with E-state index in [2.05, 4.69) is 33.4 Å². The van der Waals surface area contributed by atoms with E-state index in [1.54, 1.807) is 12.3 Å². The van der Waals surface area contributed by atoms with Gasteiger partial charge in [-0.1, -0.05) is 12.1 Å². The van der Waals surface area contributed by atoms with Crippen LogP contribution in [0.1, 0.15) is 27.0 Å². The molecule has 3 heterocycles. The summed E-state index contributed by atoms with van der Waals surface area (Å²) in [4.78, 5) is 19.3. The standard InChI is InChI=1S/C26H24FN3O3/c27-15-20(31)16-29-26(32)22-2-1-3-23-21(22)7-10-30(23)25-14-18(6-9-28-25)12-17-4-5-24-19(13-17)8-11-33-24/h1-6,8-9,11,13-14,20,31H,7,10,12,15-16H2,(H,29,32)/t20-/m0/s1. The first-order valence-electron chi connectivity index (χ1n) is 10.9. The number of rotatable bonds is 7. The van der Waals surface area contributed by atoms with Crippen molar-refractivity contribution in [3.8, 4) is 0 Å². The monoisotopic (exact) mass is 445 g/mol. The van der Waals surface area contributed by atoms with Gasteiger partial charge in [0, 0.05) is 35.9 Å². The Balaban J connectivity index is 1.37. The molecule has 0 unspecified atom stereocenters.